The van der Waals surface area contributed by atoms with Gasteiger partial charge < -0.3 is 9.16 Å². The van der Waals surface area contributed by atoms with Gasteiger partial charge in [-0.1, -0.05) is 81.4 Å². The van der Waals surface area contributed by atoms with Crippen molar-refractivity contribution in [2.24, 2.45) is 5.92 Å². The number of benzene rings is 2. The highest BCUT2D eigenvalue weighted by Gasteiger charge is 2.50. The maximum atomic E-state index is 13.0. The molecule has 2 rings (SSSR count). The van der Waals surface area contributed by atoms with Gasteiger partial charge in [-0.15, -0.1) is 0 Å². The van der Waals surface area contributed by atoms with Crippen LogP contribution < -0.4 is 10.4 Å². The maximum absolute atomic E-state index is 13.0. The molecule has 0 N–H and O–H groups in total. The van der Waals surface area contributed by atoms with Crippen LogP contribution in [0.2, 0.25) is 5.04 Å². The van der Waals surface area contributed by atoms with Crippen LogP contribution in [0.1, 0.15) is 54.4 Å². The van der Waals surface area contributed by atoms with E-state index in [1.807, 2.05) is 57.2 Å². The van der Waals surface area contributed by atoms with Gasteiger partial charge in [0, 0.05) is 13.7 Å². The van der Waals surface area contributed by atoms with E-state index in [0.717, 1.165) is 5.06 Å². The molecular formula is C28H41NO5Si. The number of rotatable bonds is 10. The Morgan fingerprint density at radius 3 is 1.77 bits per heavy atom. The van der Waals surface area contributed by atoms with Crippen molar-refractivity contribution in [3.8, 4) is 0 Å². The van der Waals surface area contributed by atoms with E-state index in [1.165, 1.54) is 17.5 Å². The van der Waals surface area contributed by atoms with E-state index in [4.69, 9.17) is 14.0 Å². The number of esters is 1. The van der Waals surface area contributed by atoms with Crippen LogP contribution in [0.15, 0.2) is 60.7 Å². The second kappa shape index (κ2) is 12.0. The van der Waals surface area contributed by atoms with Crippen LogP contribution in [0.3, 0.4) is 0 Å². The normalized spacial score (nSPS) is 13.3. The molecule has 0 saturated heterocycles. The molecule has 0 heterocycles. The Morgan fingerprint density at radius 1 is 0.886 bits per heavy atom. The van der Waals surface area contributed by atoms with Gasteiger partial charge in [0.1, 0.15) is 5.60 Å². The van der Waals surface area contributed by atoms with Gasteiger partial charge in [0.05, 0.1) is 19.4 Å². The monoisotopic (exact) mass is 499 g/mol. The molecule has 2 aromatic carbocycles. The minimum absolute atomic E-state index is 0.0338. The van der Waals surface area contributed by atoms with E-state index in [2.05, 4.69) is 45.0 Å². The lowest BCUT2D eigenvalue weighted by Gasteiger charge is -2.43. The zero-order chi connectivity index (χ0) is 26.3. The first kappa shape index (κ1) is 28.8. The third kappa shape index (κ3) is 7.50. The van der Waals surface area contributed by atoms with Crippen LogP contribution >= 0.6 is 0 Å². The summed E-state index contributed by atoms with van der Waals surface area (Å²) in [6.45, 7) is 12.4. The Balaban J connectivity index is 2.37. The van der Waals surface area contributed by atoms with Crippen molar-refractivity contribution >= 4 is 30.6 Å². The largest absolute Gasteiger partial charge is 0.460 e. The molecule has 1 amide bonds. The van der Waals surface area contributed by atoms with Crippen molar-refractivity contribution in [3.63, 3.8) is 0 Å². The molecule has 35 heavy (non-hydrogen) atoms. The van der Waals surface area contributed by atoms with Crippen molar-refractivity contribution in [3.05, 3.63) is 60.7 Å². The standard InChI is InChI=1S/C28H41NO5Si/c1-27(2,3)34-25(30)21-22(26(31)29(7)32-8)19-20-33-35(28(4,5)6,23-15-11-9-12-16-23)24-17-13-10-14-18-24/h9-18,22H,19-21H2,1-8H3/t22-/m0/s1. The van der Waals surface area contributed by atoms with Crippen molar-refractivity contribution in [1.82, 2.24) is 5.06 Å². The van der Waals surface area contributed by atoms with Crippen LogP contribution in [-0.4, -0.2) is 51.6 Å². The topological polar surface area (TPSA) is 65.1 Å². The highest BCUT2D eigenvalue weighted by atomic mass is 28.4. The zero-order valence-corrected chi connectivity index (χ0v) is 23.5. The third-order valence-electron chi connectivity index (χ3n) is 5.97. The molecular weight excluding hydrogens is 458 g/mol. The summed E-state index contributed by atoms with van der Waals surface area (Å²) in [7, 11) is 0.244. The Labute approximate surface area is 211 Å². The van der Waals surface area contributed by atoms with E-state index in [1.54, 1.807) is 7.05 Å². The van der Waals surface area contributed by atoms with E-state index in [-0.39, 0.29) is 17.4 Å². The molecule has 0 unspecified atom stereocenters. The Kier molecular flexibility index (Phi) is 9.83. The summed E-state index contributed by atoms with van der Waals surface area (Å²) in [5.74, 6) is -1.30. The summed E-state index contributed by atoms with van der Waals surface area (Å²) in [6, 6.07) is 20.7. The lowest BCUT2D eigenvalue weighted by molar-refractivity contribution is -0.177. The van der Waals surface area contributed by atoms with Crippen molar-refractivity contribution in [1.29, 1.82) is 0 Å². The molecule has 2 aromatic rings. The van der Waals surface area contributed by atoms with Crippen LogP contribution in [0.25, 0.3) is 0 Å². The number of hydroxylamine groups is 2. The second-order valence-electron chi connectivity index (χ2n) is 10.8. The average molecular weight is 500 g/mol. The summed E-state index contributed by atoms with van der Waals surface area (Å²) < 4.78 is 12.4. The number of amides is 1. The number of carbonyl (C=O) groups excluding carboxylic acids is 2. The van der Waals surface area contributed by atoms with Gasteiger partial charge in [-0.3, -0.25) is 14.4 Å². The molecule has 6 nitrogen and oxygen atoms in total. The third-order valence-corrected chi connectivity index (χ3v) is 11.0. The van der Waals surface area contributed by atoms with Crippen molar-refractivity contribution in [2.45, 2.75) is 65.0 Å². The second-order valence-corrected chi connectivity index (χ2v) is 15.1. The summed E-state index contributed by atoms with van der Waals surface area (Å²) >= 11 is 0. The summed E-state index contributed by atoms with van der Waals surface area (Å²) in [5, 5.41) is 3.33. The average Bonchev–Trinajstić information content (AvgIpc) is 2.79. The van der Waals surface area contributed by atoms with Gasteiger partial charge in [-0.2, -0.15) is 0 Å². The number of hydrogen-bond donors (Lipinski definition) is 0. The number of nitrogens with zero attached hydrogens (tertiary/aromatic N) is 1. The van der Waals surface area contributed by atoms with E-state index < -0.39 is 25.8 Å². The van der Waals surface area contributed by atoms with E-state index >= 15 is 0 Å². The Bertz CT molecular complexity index is 911. The number of carbonyl (C=O) groups is 2. The molecule has 0 aromatic heterocycles. The molecule has 0 bridgehead atoms. The highest BCUT2D eigenvalue weighted by molar-refractivity contribution is 6.99. The minimum atomic E-state index is -2.74. The van der Waals surface area contributed by atoms with Crippen LogP contribution in [0, 0.1) is 5.92 Å². The lowest BCUT2D eigenvalue weighted by Crippen LogP contribution is -2.66. The van der Waals surface area contributed by atoms with Gasteiger partial charge >= 0.3 is 5.97 Å². The fraction of sp³-hybridized carbons (Fsp3) is 0.500. The van der Waals surface area contributed by atoms with Crippen molar-refractivity contribution in [2.75, 3.05) is 20.8 Å². The predicted molar refractivity (Wildman–Crippen MR) is 142 cm³/mol. The summed E-state index contributed by atoms with van der Waals surface area (Å²) in [6.07, 6.45) is 0.337. The minimum Gasteiger partial charge on any atom is -0.460 e. The summed E-state index contributed by atoms with van der Waals surface area (Å²) in [5.41, 5.74) is -0.622. The fourth-order valence-corrected chi connectivity index (χ4v) is 8.94. The first-order valence-electron chi connectivity index (χ1n) is 12.1. The van der Waals surface area contributed by atoms with Crippen LogP contribution in [0.5, 0.6) is 0 Å². The van der Waals surface area contributed by atoms with Gasteiger partial charge in [-0.25, -0.2) is 5.06 Å². The number of ether oxygens (including phenoxy) is 1. The SMILES string of the molecule is CON(C)C(=O)[C@@H](CCO[Si](c1ccccc1)(c1ccccc1)C(C)(C)C)CC(=O)OC(C)(C)C. The zero-order valence-electron chi connectivity index (χ0n) is 22.5. The molecule has 7 heteroatoms. The summed E-state index contributed by atoms with van der Waals surface area (Å²) in [4.78, 5) is 30.7. The molecule has 0 aliphatic carbocycles. The smallest absolute Gasteiger partial charge is 0.307 e. The fourth-order valence-electron chi connectivity index (χ4n) is 4.36. The van der Waals surface area contributed by atoms with Crippen LogP contribution in [-0.2, 0) is 23.6 Å². The Morgan fingerprint density at radius 2 is 1.37 bits per heavy atom. The van der Waals surface area contributed by atoms with Gasteiger partial charge in [0.2, 0.25) is 5.91 Å². The molecule has 0 saturated carbocycles. The quantitative estimate of drug-likeness (QED) is 0.277. The van der Waals surface area contributed by atoms with Gasteiger partial charge in [0.15, 0.2) is 0 Å². The number of hydrogen-bond acceptors (Lipinski definition) is 5. The van der Waals surface area contributed by atoms with E-state index in [0.29, 0.717) is 13.0 Å². The first-order valence-corrected chi connectivity index (χ1v) is 14.0. The first-order chi connectivity index (χ1) is 16.3. The molecule has 192 valence electrons. The molecule has 0 aliphatic heterocycles. The maximum Gasteiger partial charge on any atom is 0.307 e. The van der Waals surface area contributed by atoms with E-state index in [9.17, 15) is 9.59 Å². The Hall–Kier alpha value is -2.48. The molecule has 0 radical (unpaired) electrons. The predicted octanol–water partition coefficient (Wildman–Crippen LogP) is 4.32. The molecule has 0 aliphatic rings. The van der Waals surface area contributed by atoms with Crippen LogP contribution in [0.4, 0.5) is 0 Å². The van der Waals surface area contributed by atoms with Gasteiger partial charge in [0.25, 0.3) is 8.32 Å². The molecule has 1 atom stereocenters. The van der Waals surface area contributed by atoms with Crippen molar-refractivity contribution < 1.29 is 23.6 Å². The van der Waals surface area contributed by atoms with Gasteiger partial charge in [-0.05, 0) is 42.6 Å². The molecule has 0 fully saturated rings. The molecule has 0 spiro atoms. The lowest BCUT2D eigenvalue weighted by atomic mass is 10.0. The highest BCUT2D eigenvalue weighted by Crippen LogP contribution is 2.37.